The molecule has 1 saturated heterocycles. The Morgan fingerprint density at radius 1 is 1.04 bits per heavy atom. The molecule has 0 aromatic carbocycles. The van der Waals surface area contributed by atoms with Crippen molar-refractivity contribution in [2.75, 3.05) is 13.2 Å². The Bertz CT molecular complexity index is 392. The maximum atomic E-state index is 12.3. The third-order valence-corrected chi connectivity index (χ3v) is 4.19. The van der Waals surface area contributed by atoms with E-state index in [9.17, 15) is 9.59 Å². The van der Waals surface area contributed by atoms with Gasteiger partial charge in [-0.25, -0.2) is 4.79 Å². The summed E-state index contributed by atoms with van der Waals surface area (Å²) in [4.78, 5) is 26.2. The Morgan fingerprint density at radius 3 is 2.48 bits per heavy atom. The summed E-state index contributed by atoms with van der Waals surface area (Å²) in [6.07, 6.45) is 12.8. The predicted octanol–water partition coefficient (Wildman–Crippen LogP) is 4.01. The van der Waals surface area contributed by atoms with Crippen molar-refractivity contribution in [1.29, 1.82) is 0 Å². The van der Waals surface area contributed by atoms with Crippen LogP contribution in [-0.2, 0) is 14.3 Å². The van der Waals surface area contributed by atoms with E-state index in [1.54, 1.807) is 4.90 Å². The molecule has 130 valence electrons. The molecule has 0 spiro atoms. The molecule has 0 aromatic heterocycles. The molecule has 1 aliphatic rings. The molecule has 0 radical (unpaired) electrons. The van der Waals surface area contributed by atoms with Gasteiger partial charge in [0.2, 0.25) is 5.91 Å². The van der Waals surface area contributed by atoms with Gasteiger partial charge in [0, 0.05) is 13.0 Å². The molecule has 1 amide bonds. The third kappa shape index (κ3) is 7.49. The summed E-state index contributed by atoms with van der Waals surface area (Å²) >= 11 is 0. The first-order chi connectivity index (χ1) is 11.2. The summed E-state index contributed by atoms with van der Waals surface area (Å²) in [6.45, 7) is 8.44. The van der Waals surface area contributed by atoms with Gasteiger partial charge in [-0.1, -0.05) is 25.0 Å². The van der Waals surface area contributed by atoms with E-state index in [4.69, 9.17) is 4.74 Å². The number of hydrogen-bond acceptors (Lipinski definition) is 3. The molecule has 1 fully saturated rings. The minimum Gasteiger partial charge on any atom is -0.464 e. The van der Waals surface area contributed by atoms with Gasteiger partial charge in [0.05, 0.1) is 6.61 Å². The summed E-state index contributed by atoms with van der Waals surface area (Å²) in [7, 11) is 0. The van der Waals surface area contributed by atoms with Gasteiger partial charge >= 0.3 is 5.97 Å². The Morgan fingerprint density at radius 2 is 1.74 bits per heavy atom. The maximum absolute atomic E-state index is 12.3. The first kappa shape index (κ1) is 19.5. The molecule has 0 unspecified atom stereocenters. The topological polar surface area (TPSA) is 46.6 Å². The zero-order valence-corrected chi connectivity index (χ0v) is 14.3. The van der Waals surface area contributed by atoms with E-state index in [-0.39, 0.29) is 17.9 Å². The number of esters is 1. The number of unbranched alkanes of at least 4 members (excludes halogenated alkanes) is 5. The van der Waals surface area contributed by atoms with Crippen molar-refractivity contribution in [3.05, 3.63) is 25.3 Å². The molecule has 23 heavy (non-hydrogen) atoms. The van der Waals surface area contributed by atoms with Crippen LogP contribution in [0, 0.1) is 0 Å². The molecule has 4 nitrogen and oxygen atoms in total. The lowest BCUT2D eigenvalue weighted by Gasteiger charge is -2.23. The van der Waals surface area contributed by atoms with Crippen molar-refractivity contribution < 1.29 is 14.3 Å². The molecule has 1 atom stereocenters. The fourth-order valence-corrected chi connectivity index (χ4v) is 2.87. The maximum Gasteiger partial charge on any atom is 0.328 e. The van der Waals surface area contributed by atoms with Crippen LogP contribution in [0.15, 0.2) is 25.3 Å². The number of ether oxygens (including phenoxy) is 1. The van der Waals surface area contributed by atoms with Gasteiger partial charge in [-0.05, 0) is 44.9 Å². The molecule has 0 aliphatic carbocycles. The molecule has 1 rings (SSSR count). The largest absolute Gasteiger partial charge is 0.464 e. The number of amides is 1. The molecule has 4 heteroatoms. The summed E-state index contributed by atoms with van der Waals surface area (Å²) in [5.41, 5.74) is 0. The van der Waals surface area contributed by atoms with Gasteiger partial charge in [-0.15, -0.1) is 13.2 Å². The lowest BCUT2D eigenvalue weighted by molar-refractivity contribution is -0.153. The summed E-state index contributed by atoms with van der Waals surface area (Å²) < 4.78 is 5.29. The molecule has 0 saturated carbocycles. The molecule has 0 aromatic rings. The van der Waals surface area contributed by atoms with Crippen LogP contribution in [0.5, 0.6) is 0 Å². The second-order valence-electron chi connectivity index (χ2n) is 6.09. The van der Waals surface area contributed by atoms with Crippen LogP contribution >= 0.6 is 0 Å². The first-order valence-corrected chi connectivity index (χ1v) is 8.88. The van der Waals surface area contributed by atoms with Crippen LogP contribution in [0.2, 0.25) is 0 Å². The highest BCUT2D eigenvalue weighted by Crippen LogP contribution is 2.20. The number of hydrogen-bond donors (Lipinski definition) is 0. The molecule has 1 aliphatic heterocycles. The zero-order valence-electron chi connectivity index (χ0n) is 14.3. The van der Waals surface area contributed by atoms with Crippen molar-refractivity contribution in [1.82, 2.24) is 4.90 Å². The van der Waals surface area contributed by atoms with E-state index >= 15 is 0 Å². The van der Waals surface area contributed by atoms with Crippen LogP contribution in [-0.4, -0.2) is 36.0 Å². The van der Waals surface area contributed by atoms with Crippen LogP contribution in [0.3, 0.4) is 0 Å². The first-order valence-electron chi connectivity index (χ1n) is 8.88. The molecular formula is C19H31NO3. The minimum absolute atomic E-state index is 0.0965. The van der Waals surface area contributed by atoms with Gasteiger partial charge in [0.15, 0.2) is 0 Å². The van der Waals surface area contributed by atoms with E-state index in [1.165, 1.54) is 0 Å². The third-order valence-electron chi connectivity index (χ3n) is 4.19. The number of carbonyl (C=O) groups is 2. The van der Waals surface area contributed by atoms with Crippen molar-refractivity contribution in [2.24, 2.45) is 0 Å². The Hall–Kier alpha value is -1.58. The highest BCUT2D eigenvalue weighted by Gasteiger charge is 2.34. The predicted molar refractivity (Wildman–Crippen MR) is 93.0 cm³/mol. The average Bonchev–Trinajstić information content (AvgIpc) is 3.04. The minimum atomic E-state index is -0.369. The molecule has 0 bridgehead atoms. The van der Waals surface area contributed by atoms with Crippen LogP contribution in [0.4, 0.5) is 0 Å². The fourth-order valence-electron chi connectivity index (χ4n) is 2.87. The number of allylic oxidation sites excluding steroid dienone is 2. The second-order valence-corrected chi connectivity index (χ2v) is 6.09. The van der Waals surface area contributed by atoms with Gasteiger partial charge in [-0.2, -0.15) is 0 Å². The number of nitrogens with zero attached hydrogens (tertiary/aromatic N) is 1. The number of likely N-dealkylation sites (tertiary alicyclic amines) is 1. The van der Waals surface area contributed by atoms with Crippen molar-refractivity contribution in [2.45, 2.75) is 70.3 Å². The molecular weight excluding hydrogens is 290 g/mol. The smallest absolute Gasteiger partial charge is 0.328 e. The quantitative estimate of drug-likeness (QED) is 0.310. The average molecular weight is 321 g/mol. The molecule has 0 N–H and O–H groups in total. The van der Waals surface area contributed by atoms with Gasteiger partial charge in [0.1, 0.15) is 6.04 Å². The monoisotopic (exact) mass is 321 g/mol. The lowest BCUT2D eigenvalue weighted by atomic mass is 10.1. The van der Waals surface area contributed by atoms with Crippen molar-refractivity contribution >= 4 is 11.9 Å². The van der Waals surface area contributed by atoms with Gasteiger partial charge in [-0.3, -0.25) is 4.79 Å². The van der Waals surface area contributed by atoms with E-state index in [1.807, 2.05) is 12.2 Å². The summed E-state index contributed by atoms with van der Waals surface area (Å²) in [5.74, 6) is -0.148. The van der Waals surface area contributed by atoms with Gasteiger partial charge in [0.25, 0.3) is 0 Å². The van der Waals surface area contributed by atoms with Crippen LogP contribution < -0.4 is 0 Å². The highest BCUT2D eigenvalue weighted by atomic mass is 16.5. The number of carbonyl (C=O) groups excluding carboxylic acids is 2. The van der Waals surface area contributed by atoms with Crippen LogP contribution in [0.1, 0.15) is 64.2 Å². The summed E-state index contributed by atoms with van der Waals surface area (Å²) in [6, 6.07) is -0.369. The van der Waals surface area contributed by atoms with E-state index in [0.717, 1.165) is 57.8 Å². The highest BCUT2D eigenvalue weighted by molar-refractivity contribution is 5.85. The number of rotatable bonds is 12. The van der Waals surface area contributed by atoms with E-state index in [2.05, 4.69) is 13.2 Å². The second kappa shape index (κ2) is 11.9. The van der Waals surface area contributed by atoms with E-state index < -0.39 is 0 Å². The van der Waals surface area contributed by atoms with Crippen LogP contribution in [0.25, 0.3) is 0 Å². The SMILES string of the molecule is C=CCCCCCCC(=O)N1CCC[C@H]1C(=O)OCCCC=C. The fraction of sp³-hybridized carbons (Fsp3) is 0.684. The normalized spacial score (nSPS) is 17.0. The Labute approximate surface area is 140 Å². The van der Waals surface area contributed by atoms with Crippen molar-refractivity contribution in [3.63, 3.8) is 0 Å². The summed E-state index contributed by atoms with van der Waals surface area (Å²) in [5, 5.41) is 0. The van der Waals surface area contributed by atoms with E-state index in [0.29, 0.717) is 19.6 Å². The Balaban J connectivity index is 2.27. The Kier molecular flexibility index (Phi) is 10.1. The van der Waals surface area contributed by atoms with Crippen molar-refractivity contribution in [3.8, 4) is 0 Å². The standard InChI is InChI=1S/C19H31NO3/c1-3-5-7-8-9-10-14-18(21)20-15-12-13-17(20)19(22)23-16-11-6-4-2/h3-4,17H,1-2,5-16H2/t17-/m0/s1. The molecule has 1 heterocycles. The lowest BCUT2D eigenvalue weighted by Crippen LogP contribution is -2.41. The van der Waals surface area contributed by atoms with Gasteiger partial charge < -0.3 is 9.64 Å². The zero-order chi connectivity index (χ0) is 16.9.